The maximum atomic E-state index is 13.9. The van der Waals surface area contributed by atoms with E-state index in [2.05, 4.69) is 15.6 Å². The molecule has 2 fully saturated rings. The van der Waals surface area contributed by atoms with E-state index in [1.807, 2.05) is 13.8 Å². The lowest BCUT2D eigenvalue weighted by Crippen LogP contribution is -2.51. The van der Waals surface area contributed by atoms with Gasteiger partial charge in [0.15, 0.2) is 17.8 Å². The summed E-state index contributed by atoms with van der Waals surface area (Å²) in [6, 6.07) is 12.6. The Balaban J connectivity index is 1.09. The van der Waals surface area contributed by atoms with E-state index in [0.29, 0.717) is 61.2 Å². The first-order chi connectivity index (χ1) is 26.3. The molecule has 1 aromatic heterocycles. The van der Waals surface area contributed by atoms with Crippen LogP contribution in [0.25, 0.3) is 0 Å². The summed E-state index contributed by atoms with van der Waals surface area (Å²) in [5, 5.41) is 17.4. The monoisotopic (exact) mass is 794 g/mol. The number of nitrogens with zero attached hydrogens (tertiary/aromatic N) is 2. The molecule has 2 aromatic carbocycles. The van der Waals surface area contributed by atoms with Crippen molar-refractivity contribution in [3.8, 4) is 17.2 Å². The van der Waals surface area contributed by atoms with Gasteiger partial charge in [-0.1, -0.05) is 26.0 Å². The summed E-state index contributed by atoms with van der Waals surface area (Å²) in [6.07, 6.45) is -5.45. The summed E-state index contributed by atoms with van der Waals surface area (Å²) in [6.45, 7) is 4.87. The van der Waals surface area contributed by atoms with E-state index in [1.165, 1.54) is 28.6 Å². The number of amides is 1. The van der Waals surface area contributed by atoms with Crippen LogP contribution < -0.4 is 24.8 Å². The number of aromatic nitrogens is 1. The van der Waals surface area contributed by atoms with Crippen molar-refractivity contribution in [1.29, 1.82) is 0 Å². The number of hydrogen-bond donors (Lipinski definition) is 3. The quantitative estimate of drug-likeness (QED) is 0.160. The van der Waals surface area contributed by atoms with Gasteiger partial charge in [-0.3, -0.25) is 0 Å². The maximum Gasteiger partial charge on any atom is 0.417 e. The van der Waals surface area contributed by atoms with Crippen molar-refractivity contribution in [2.45, 2.75) is 68.7 Å². The van der Waals surface area contributed by atoms with Gasteiger partial charge in [0.1, 0.15) is 17.7 Å². The van der Waals surface area contributed by atoms with E-state index >= 15 is 0 Å². The van der Waals surface area contributed by atoms with Crippen molar-refractivity contribution < 1.29 is 59.9 Å². The summed E-state index contributed by atoms with van der Waals surface area (Å²) in [4.78, 5) is 17.1. The van der Waals surface area contributed by atoms with Crippen molar-refractivity contribution >= 4 is 21.9 Å². The number of benzene rings is 2. The Morgan fingerprint density at radius 1 is 1.05 bits per heavy atom. The molecule has 3 aliphatic heterocycles. The standard InChI is InChI=1S/C37H45F3N4O10S/c1-23(2)19-44(55(47,48)27-9-10-31-32(17-27)53-22-52-31)20-30(45)29(43-36(46)54-33-21-51-35-28(33)12-15-50-35)16-24-4-7-26(8-5-24)49-14-3-13-41-34-11-6-25(18-42-34)37(38,39)40/h4-11,17-18,23,28-30,33,35,45H,3,12-16,19-22H2,1-2H3,(H,41,42)(H,43,46)/t28-,29-,30+,33+,35+/m0/s1. The van der Waals surface area contributed by atoms with Crippen LogP contribution in [0.15, 0.2) is 65.7 Å². The third kappa shape index (κ3) is 10.5. The first kappa shape index (κ1) is 40.3. The first-order valence-electron chi connectivity index (χ1n) is 18.0. The van der Waals surface area contributed by atoms with Crippen LogP contribution in [0.5, 0.6) is 17.2 Å². The first-order valence-corrected chi connectivity index (χ1v) is 19.5. The van der Waals surface area contributed by atoms with Crippen molar-refractivity contribution in [1.82, 2.24) is 14.6 Å². The van der Waals surface area contributed by atoms with E-state index in [9.17, 15) is 31.5 Å². The Labute approximate surface area is 317 Å². The molecule has 300 valence electrons. The van der Waals surface area contributed by atoms with Gasteiger partial charge >= 0.3 is 12.3 Å². The molecule has 0 aliphatic carbocycles. The molecular formula is C37H45F3N4O10S. The third-order valence-electron chi connectivity index (χ3n) is 9.32. The number of pyridine rings is 1. The van der Waals surface area contributed by atoms with E-state index in [0.717, 1.165) is 12.3 Å². The van der Waals surface area contributed by atoms with Gasteiger partial charge in [-0.25, -0.2) is 18.2 Å². The highest BCUT2D eigenvalue weighted by atomic mass is 32.2. The number of aliphatic hydroxyl groups is 1. The fourth-order valence-corrected chi connectivity index (χ4v) is 8.11. The zero-order valence-corrected chi connectivity index (χ0v) is 31.2. The lowest BCUT2D eigenvalue weighted by Gasteiger charge is -2.31. The number of halogens is 3. The molecule has 3 aromatic rings. The lowest BCUT2D eigenvalue weighted by molar-refractivity contribution is -0.137. The minimum Gasteiger partial charge on any atom is -0.494 e. The number of carbonyl (C=O) groups excluding carboxylic acids is 1. The molecule has 18 heteroatoms. The van der Waals surface area contributed by atoms with Crippen LogP contribution >= 0.6 is 0 Å². The van der Waals surface area contributed by atoms with Gasteiger partial charge in [0.25, 0.3) is 0 Å². The van der Waals surface area contributed by atoms with Crippen LogP contribution in [0, 0.1) is 11.8 Å². The number of ether oxygens (including phenoxy) is 6. The van der Waals surface area contributed by atoms with Crippen molar-refractivity contribution in [2.75, 3.05) is 51.6 Å². The van der Waals surface area contributed by atoms with Crippen LogP contribution in [0.3, 0.4) is 0 Å². The van der Waals surface area contributed by atoms with Gasteiger partial charge in [-0.2, -0.15) is 17.5 Å². The second-order valence-corrected chi connectivity index (χ2v) is 15.9. The van der Waals surface area contributed by atoms with Crippen LogP contribution in [0.4, 0.5) is 23.8 Å². The molecule has 0 saturated carbocycles. The summed E-state index contributed by atoms with van der Waals surface area (Å²) < 4.78 is 101. The maximum absolute atomic E-state index is 13.9. The van der Waals surface area contributed by atoms with Gasteiger partial charge in [0.2, 0.25) is 16.8 Å². The van der Waals surface area contributed by atoms with Crippen molar-refractivity contribution in [3.05, 3.63) is 71.9 Å². The summed E-state index contributed by atoms with van der Waals surface area (Å²) >= 11 is 0. The fourth-order valence-electron chi connectivity index (χ4n) is 6.47. The Morgan fingerprint density at radius 3 is 2.56 bits per heavy atom. The average molecular weight is 795 g/mol. The smallest absolute Gasteiger partial charge is 0.417 e. The number of carbonyl (C=O) groups is 1. The van der Waals surface area contributed by atoms with Gasteiger partial charge in [-0.05, 0) is 67.1 Å². The molecule has 5 atom stereocenters. The second kappa shape index (κ2) is 17.6. The topological polar surface area (TPSA) is 167 Å². The molecule has 3 N–H and O–H groups in total. The molecule has 1 amide bonds. The van der Waals surface area contributed by atoms with Crippen molar-refractivity contribution in [2.24, 2.45) is 11.8 Å². The Hall–Kier alpha value is -4.36. The summed E-state index contributed by atoms with van der Waals surface area (Å²) in [5.41, 5.74) is -0.106. The minimum atomic E-state index is -4.45. The molecule has 0 unspecified atom stereocenters. The number of fused-ring (bicyclic) bond motifs is 2. The normalized spacial score (nSPS) is 20.3. The van der Waals surface area contributed by atoms with Crippen LogP contribution in [0.1, 0.15) is 37.8 Å². The number of nitrogens with one attached hydrogen (secondary N) is 2. The van der Waals surface area contributed by atoms with E-state index in [-0.39, 0.29) is 49.6 Å². The Bertz CT molecular complexity index is 1850. The zero-order chi connectivity index (χ0) is 39.2. The predicted octanol–water partition coefficient (Wildman–Crippen LogP) is 4.82. The predicted molar refractivity (Wildman–Crippen MR) is 191 cm³/mol. The van der Waals surface area contributed by atoms with Crippen molar-refractivity contribution in [3.63, 3.8) is 0 Å². The SMILES string of the molecule is CC(C)CN(C[C@@H](O)[C@H](Cc1ccc(OCCCNc2ccc(C(F)(F)F)cn2)cc1)NC(=O)O[C@@H]1CO[C@H]2OCC[C@H]21)S(=O)(=O)c1ccc2c(c1)OCO2. The highest BCUT2D eigenvalue weighted by Gasteiger charge is 2.44. The molecule has 0 bridgehead atoms. The lowest BCUT2D eigenvalue weighted by atomic mass is 10.0. The van der Waals surface area contributed by atoms with Crippen LogP contribution in [0.2, 0.25) is 0 Å². The largest absolute Gasteiger partial charge is 0.494 e. The van der Waals surface area contributed by atoms with Gasteiger partial charge in [0.05, 0.1) is 48.3 Å². The summed E-state index contributed by atoms with van der Waals surface area (Å²) in [5.74, 6) is 1.40. The second-order valence-electron chi connectivity index (χ2n) is 13.9. The van der Waals surface area contributed by atoms with E-state index < -0.39 is 52.4 Å². The number of alkyl halides is 3. The number of aliphatic hydroxyl groups excluding tert-OH is 1. The molecule has 14 nitrogen and oxygen atoms in total. The number of alkyl carbamates (subject to hydrolysis) is 1. The minimum absolute atomic E-state index is 0.0186. The Kier molecular flexibility index (Phi) is 12.9. The van der Waals surface area contributed by atoms with E-state index in [1.54, 1.807) is 24.3 Å². The van der Waals surface area contributed by atoms with Gasteiger partial charge in [0, 0.05) is 31.9 Å². The van der Waals surface area contributed by atoms with Gasteiger partial charge in [-0.15, -0.1) is 0 Å². The van der Waals surface area contributed by atoms with Gasteiger partial charge < -0.3 is 44.2 Å². The fraction of sp³-hybridized carbons (Fsp3) is 0.514. The molecule has 0 radical (unpaired) electrons. The summed E-state index contributed by atoms with van der Waals surface area (Å²) in [7, 11) is -4.12. The number of sulfonamides is 1. The molecule has 55 heavy (non-hydrogen) atoms. The number of anilines is 1. The average Bonchev–Trinajstić information content (AvgIpc) is 3.90. The number of rotatable bonds is 17. The third-order valence-corrected chi connectivity index (χ3v) is 11.1. The van der Waals surface area contributed by atoms with E-state index in [4.69, 9.17) is 28.4 Å². The molecule has 4 heterocycles. The molecule has 0 spiro atoms. The van der Waals surface area contributed by atoms with Crippen LogP contribution in [-0.4, -0.2) is 99.7 Å². The van der Waals surface area contributed by atoms with Crippen LogP contribution in [-0.2, 0) is 36.8 Å². The highest BCUT2D eigenvalue weighted by molar-refractivity contribution is 7.89. The zero-order valence-electron chi connectivity index (χ0n) is 30.4. The molecular weight excluding hydrogens is 749 g/mol. The molecule has 3 aliphatic rings. The molecule has 6 rings (SSSR count). The highest BCUT2D eigenvalue weighted by Crippen LogP contribution is 2.36. The number of hydrogen-bond acceptors (Lipinski definition) is 12. The Morgan fingerprint density at radius 2 is 1.84 bits per heavy atom. The molecule has 2 saturated heterocycles.